The third-order valence-electron chi connectivity index (χ3n) is 6.55. The molecule has 1 unspecified atom stereocenters. The Labute approximate surface area is 276 Å². The van der Waals surface area contributed by atoms with E-state index >= 15 is 0 Å². The van der Waals surface area contributed by atoms with Crippen molar-refractivity contribution in [1.82, 2.24) is 24.2 Å². The first kappa shape index (κ1) is 37.5. The highest BCUT2D eigenvalue weighted by molar-refractivity contribution is 14.2. The summed E-state index contributed by atoms with van der Waals surface area (Å²) in [5, 5.41) is 24.1. The number of carbonyl (C=O) groups excluding carboxylic acids is 1. The van der Waals surface area contributed by atoms with Gasteiger partial charge in [-0.25, -0.2) is 18.4 Å². The number of thiophene rings is 1. The van der Waals surface area contributed by atoms with Crippen molar-refractivity contribution < 1.29 is 24.1 Å². The second kappa shape index (κ2) is 16.5. The zero-order chi connectivity index (χ0) is 33.4. The van der Waals surface area contributed by atoms with Crippen LogP contribution < -0.4 is 21.3 Å². The van der Waals surface area contributed by atoms with Crippen molar-refractivity contribution >= 4 is 58.5 Å². The Hall–Kier alpha value is -2.73. The van der Waals surface area contributed by atoms with Crippen LogP contribution in [0.5, 0.6) is 5.75 Å². The number of benzene rings is 1. The summed E-state index contributed by atoms with van der Waals surface area (Å²) in [6.45, 7) is 10.0. The van der Waals surface area contributed by atoms with Crippen molar-refractivity contribution in [3.05, 3.63) is 74.4 Å². The molecule has 44 heavy (non-hydrogen) atoms. The number of nitrogens with zero attached hydrogens (tertiary/aromatic N) is 4. The number of hydrogen-bond acceptors (Lipinski definition) is 9. The van der Waals surface area contributed by atoms with E-state index in [4.69, 9.17) is 14.9 Å². The summed E-state index contributed by atoms with van der Waals surface area (Å²) in [5.41, 5.74) is -1.40. The van der Waals surface area contributed by atoms with Gasteiger partial charge in [0.05, 0.1) is 25.2 Å². The van der Waals surface area contributed by atoms with E-state index < -0.39 is 34.6 Å². The van der Waals surface area contributed by atoms with Gasteiger partial charge in [-0.05, 0) is 99.0 Å². The molecule has 1 amide bonds. The molecule has 242 valence electrons. The van der Waals surface area contributed by atoms with Crippen LogP contribution >= 0.6 is 42.3 Å². The van der Waals surface area contributed by atoms with E-state index in [1.165, 1.54) is 48.1 Å². The third kappa shape index (κ3) is 8.50. The van der Waals surface area contributed by atoms with E-state index in [0.29, 0.717) is 32.1 Å². The molecule has 11 nitrogen and oxygen atoms in total. The Balaban J connectivity index is 0.000000876. The molecule has 4 rings (SSSR count). The Kier molecular flexibility index (Phi) is 14.1. The molecule has 0 aliphatic heterocycles. The number of amides is 1. The number of fused-ring (bicyclic) bond motifs is 1. The van der Waals surface area contributed by atoms with Gasteiger partial charge in [0, 0.05) is 30.5 Å². The zero-order valence-electron chi connectivity index (χ0n) is 25.7. The largest absolute Gasteiger partial charge is 0.496 e. The van der Waals surface area contributed by atoms with E-state index in [2.05, 4.69) is 20.2 Å². The maximum Gasteiger partial charge on any atom is 0.333 e. The second-order valence-corrected chi connectivity index (χ2v) is 11.6. The molecule has 1 atom stereocenters. The van der Waals surface area contributed by atoms with Crippen molar-refractivity contribution in [3.8, 4) is 10.8 Å². The van der Waals surface area contributed by atoms with Crippen LogP contribution in [0.4, 0.5) is 4.39 Å². The lowest BCUT2D eigenvalue weighted by Gasteiger charge is -2.27. The molecule has 0 aliphatic carbocycles. The van der Waals surface area contributed by atoms with Crippen molar-refractivity contribution in [2.45, 2.75) is 72.2 Å². The van der Waals surface area contributed by atoms with E-state index in [0.717, 1.165) is 4.57 Å². The van der Waals surface area contributed by atoms with Gasteiger partial charge in [0.2, 0.25) is 5.91 Å². The fourth-order valence-electron chi connectivity index (χ4n) is 4.35. The maximum absolute atomic E-state index is 14.0. The molecule has 4 aromatic rings. The SMILES string of the molecule is CC(O)CO.COc1ccc(F)cc1CCn1c(=O)n(C(C)(C)C(=O)NC(C)C)c(=O)c2c(C)c(-n3cccn3)sc21.SI. The summed E-state index contributed by atoms with van der Waals surface area (Å²) < 4.78 is 23.5. The highest BCUT2D eigenvalue weighted by Gasteiger charge is 2.35. The number of aliphatic hydroxyl groups is 2. The minimum absolute atomic E-state index is 0.135. The molecule has 0 saturated carbocycles. The van der Waals surface area contributed by atoms with Crippen LogP contribution in [0.3, 0.4) is 0 Å². The molecule has 15 heteroatoms. The lowest BCUT2D eigenvalue weighted by Crippen LogP contribution is -2.56. The van der Waals surface area contributed by atoms with Crippen LogP contribution in [0.15, 0.2) is 46.2 Å². The van der Waals surface area contributed by atoms with Gasteiger partial charge in [-0.1, -0.05) is 11.3 Å². The Morgan fingerprint density at radius 2 is 1.89 bits per heavy atom. The quantitative estimate of drug-likeness (QED) is 0.149. The number of rotatable bonds is 9. The minimum atomic E-state index is -1.47. The summed E-state index contributed by atoms with van der Waals surface area (Å²) in [4.78, 5) is 41.3. The van der Waals surface area contributed by atoms with Gasteiger partial charge in [0.1, 0.15) is 26.9 Å². The minimum Gasteiger partial charge on any atom is -0.496 e. The number of hydrogen-bond donors (Lipinski definition) is 4. The highest BCUT2D eigenvalue weighted by atomic mass is 127. The summed E-state index contributed by atoms with van der Waals surface area (Å²) in [6.07, 6.45) is 3.09. The summed E-state index contributed by atoms with van der Waals surface area (Å²) in [7, 11) is 4.99. The number of ether oxygens (including phenoxy) is 1. The van der Waals surface area contributed by atoms with Crippen LogP contribution in [-0.4, -0.2) is 60.9 Å². The van der Waals surface area contributed by atoms with Crippen LogP contribution in [0, 0.1) is 12.7 Å². The summed E-state index contributed by atoms with van der Waals surface area (Å²) in [5.74, 6) is -0.368. The van der Waals surface area contributed by atoms with Crippen LogP contribution in [0.25, 0.3) is 15.2 Å². The molecular weight excluding hydrogens is 724 g/mol. The first-order valence-corrected chi connectivity index (χ1v) is 17.7. The number of methoxy groups -OCH3 is 1. The molecule has 1 aromatic carbocycles. The normalized spacial score (nSPS) is 11.8. The molecule has 0 aliphatic rings. The van der Waals surface area contributed by atoms with Crippen molar-refractivity contribution in [1.29, 1.82) is 0 Å². The first-order valence-electron chi connectivity index (χ1n) is 13.6. The number of halogens is 2. The standard InChI is InChI=1S/C26H30FN5O4S.C3H8O2.HIS/c1-15(2)29-24(34)26(4,5)32-21(33)20-16(3)22(31-12-7-11-28-31)37-23(20)30(25(32)35)13-10-17-14-18(27)8-9-19(17)36-6;1-3(5)2-4;1-2/h7-9,11-12,14-15H,10,13H2,1-6H3,(H,29,34);3-5H,2H2,1H3;2H. The number of aliphatic hydroxyl groups excluding tert-OH is 2. The average Bonchev–Trinajstić information content (AvgIpc) is 3.62. The molecule has 0 saturated heterocycles. The average molecular weight is 764 g/mol. The van der Waals surface area contributed by atoms with Crippen molar-refractivity contribution in [2.75, 3.05) is 13.7 Å². The number of thiol groups is 1. The molecule has 3 N–H and O–H groups in total. The number of carbonyl (C=O) groups is 1. The highest BCUT2D eigenvalue weighted by Crippen LogP contribution is 2.31. The van der Waals surface area contributed by atoms with Gasteiger partial charge in [-0.2, -0.15) is 5.10 Å². The topological polar surface area (TPSA) is 141 Å². The molecule has 3 aromatic heterocycles. The van der Waals surface area contributed by atoms with Crippen molar-refractivity contribution in [3.63, 3.8) is 0 Å². The lowest BCUT2D eigenvalue weighted by atomic mass is 10.0. The van der Waals surface area contributed by atoms with E-state index in [1.54, 1.807) is 43.9 Å². The van der Waals surface area contributed by atoms with Crippen LogP contribution in [0.1, 0.15) is 45.7 Å². The van der Waals surface area contributed by atoms with E-state index in [-0.39, 0.29) is 25.6 Å². The Bertz CT molecular complexity index is 1670. The molecule has 0 spiro atoms. The Morgan fingerprint density at radius 1 is 1.25 bits per heavy atom. The molecule has 0 radical (unpaired) electrons. The fourth-order valence-corrected chi connectivity index (χ4v) is 5.61. The van der Waals surface area contributed by atoms with E-state index in [9.17, 15) is 18.8 Å². The number of aromatic nitrogens is 4. The van der Waals surface area contributed by atoms with Crippen LogP contribution in [0.2, 0.25) is 0 Å². The first-order chi connectivity index (χ1) is 20.7. The van der Waals surface area contributed by atoms with Gasteiger partial charge in [0.15, 0.2) is 0 Å². The maximum atomic E-state index is 14.0. The van der Waals surface area contributed by atoms with Gasteiger partial charge in [-0.15, -0.1) is 9.80 Å². The predicted molar refractivity (Wildman–Crippen MR) is 183 cm³/mol. The monoisotopic (exact) mass is 763 g/mol. The molecule has 0 bridgehead atoms. The summed E-state index contributed by atoms with van der Waals surface area (Å²) in [6, 6.07) is 5.80. The van der Waals surface area contributed by atoms with Gasteiger partial charge in [-0.3, -0.25) is 14.2 Å². The molecule has 3 heterocycles. The van der Waals surface area contributed by atoms with Crippen molar-refractivity contribution in [2.24, 2.45) is 0 Å². The van der Waals surface area contributed by atoms with Gasteiger partial charge >= 0.3 is 5.69 Å². The predicted octanol–water partition coefficient (Wildman–Crippen LogP) is 3.99. The third-order valence-corrected chi connectivity index (χ3v) is 7.85. The van der Waals surface area contributed by atoms with Gasteiger partial charge < -0.3 is 20.3 Å². The molecule has 0 fully saturated rings. The zero-order valence-corrected chi connectivity index (χ0v) is 29.5. The second-order valence-electron chi connectivity index (χ2n) is 10.7. The summed E-state index contributed by atoms with van der Waals surface area (Å²) >= 11 is 3.11. The van der Waals surface area contributed by atoms with E-state index in [1.807, 2.05) is 35.1 Å². The fraction of sp³-hybridized carbons (Fsp3) is 0.448. The van der Waals surface area contributed by atoms with Gasteiger partial charge in [0.25, 0.3) is 5.56 Å². The molecular formula is C29H39FIN5O6S2. The lowest BCUT2D eigenvalue weighted by molar-refractivity contribution is -0.129. The van der Waals surface area contributed by atoms with Crippen LogP contribution in [-0.2, 0) is 23.3 Å². The Morgan fingerprint density at radius 3 is 2.41 bits per heavy atom. The smallest absolute Gasteiger partial charge is 0.333 e. The number of nitrogens with one attached hydrogen (secondary N) is 1. The number of aryl methyl sites for hydroxylation is 3.